The fourth-order valence-electron chi connectivity index (χ4n) is 2.55. The molecule has 2 aliphatic rings. The Morgan fingerprint density at radius 3 is 1.90 bits per heavy atom. The van der Waals surface area contributed by atoms with Gasteiger partial charge in [-0.25, -0.2) is 0 Å². The Labute approximate surface area is 68.3 Å². The maximum absolute atomic E-state index is 6.28. The standard InChI is InChI=1S/C8H14BCl/c10-9-7-3-1-2-4-8(9)6-5-7/h7-8H,1-6H2. The summed E-state index contributed by atoms with van der Waals surface area (Å²) in [6.45, 7) is 0. The molecule has 0 nitrogen and oxygen atoms in total. The molecule has 2 rings (SSSR count). The van der Waals surface area contributed by atoms with Crippen LogP contribution >= 0.6 is 11.5 Å². The van der Waals surface area contributed by atoms with Gasteiger partial charge in [0.25, 0.3) is 6.13 Å². The van der Waals surface area contributed by atoms with Gasteiger partial charge in [-0.2, -0.15) is 11.5 Å². The molecular weight excluding hydrogens is 142 g/mol. The molecule has 0 saturated carbocycles. The lowest BCUT2D eigenvalue weighted by Crippen LogP contribution is -2.09. The van der Waals surface area contributed by atoms with Crippen molar-refractivity contribution in [1.29, 1.82) is 0 Å². The molecule has 2 aliphatic heterocycles. The maximum Gasteiger partial charge on any atom is 0.256 e. The van der Waals surface area contributed by atoms with Crippen LogP contribution in [-0.4, -0.2) is 6.13 Å². The molecule has 2 atom stereocenters. The molecule has 10 heavy (non-hydrogen) atoms. The zero-order valence-corrected chi connectivity index (χ0v) is 7.11. The van der Waals surface area contributed by atoms with Crippen LogP contribution in [0.25, 0.3) is 0 Å². The minimum absolute atomic E-state index is 0.544. The van der Waals surface area contributed by atoms with Gasteiger partial charge in [0, 0.05) is 0 Å². The first kappa shape index (κ1) is 7.03. The molecule has 0 N–H and O–H groups in total. The Balaban J connectivity index is 2.07. The molecule has 0 radical (unpaired) electrons. The maximum atomic E-state index is 6.28. The Kier molecular flexibility index (Phi) is 1.95. The van der Waals surface area contributed by atoms with Crippen molar-refractivity contribution in [2.24, 2.45) is 0 Å². The highest BCUT2D eigenvalue weighted by molar-refractivity contribution is 7.08. The molecule has 56 valence electrons. The summed E-state index contributed by atoms with van der Waals surface area (Å²) >= 11 is 6.28. The van der Waals surface area contributed by atoms with Crippen LogP contribution in [0, 0.1) is 0 Å². The minimum atomic E-state index is 0.544. The van der Waals surface area contributed by atoms with Crippen molar-refractivity contribution >= 4 is 17.6 Å². The van der Waals surface area contributed by atoms with E-state index in [1.54, 1.807) is 0 Å². The Bertz CT molecular complexity index is 112. The first-order valence-corrected chi connectivity index (χ1v) is 4.95. The van der Waals surface area contributed by atoms with Gasteiger partial charge in [0.2, 0.25) is 0 Å². The smallest absolute Gasteiger partial charge is 0.195 e. The van der Waals surface area contributed by atoms with Crippen LogP contribution in [-0.2, 0) is 0 Å². The van der Waals surface area contributed by atoms with E-state index in [1.165, 1.54) is 38.5 Å². The van der Waals surface area contributed by atoms with Crippen LogP contribution in [0.5, 0.6) is 0 Å². The quantitative estimate of drug-likeness (QED) is 0.472. The van der Waals surface area contributed by atoms with Gasteiger partial charge in [0.1, 0.15) is 0 Å². The number of hydrogen-bond acceptors (Lipinski definition) is 0. The van der Waals surface area contributed by atoms with Crippen LogP contribution < -0.4 is 0 Å². The second kappa shape index (κ2) is 2.77. The minimum Gasteiger partial charge on any atom is -0.195 e. The van der Waals surface area contributed by atoms with Gasteiger partial charge < -0.3 is 0 Å². The number of hydrogen-bond donors (Lipinski definition) is 0. The van der Waals surface area contributed by atoms with Crippen molar-refractivity contribution in [3.05, 3.63) is 0 Å². The van der Waals surface area contributed by atoms with Gasteiger partial charge >= 0.3 is 0 Å². The largest absolute Gasteiger partial charge is 0.256 e. The van der Waals surface area contributed by atoms with Crippen LogP contribution in [0.3, 0.4) is 0 Å². The van der Waals surface area contributed by atoms with E-state index in [0.29, 0.717) is 6.13 Å². The third-order valence-corrected chi connectivity index (χ3v) is 3.92. The lowest BCUT2D eigenvalue weighted by Gasteiger charge is -2.08. The van der Waals surface area contributed by atoms with E-state index in [9.17, 15) is 0 Å². The summed E-state index contributed by atoms with van der Waals surface area (Å²) < 4.78 is 0. The molecule has 0 amide bonds. The molecule has 0 aliphatic carbocycles. The fourth-order valence-corrected chi connectivity index (χ4v) is 3.06. The van der Waals surface area contributed by atoms with Crippen molar-refractivity contribution in [3.8, 4) is 0 Å². The highest BCUT2D eigenvalue weighted by atomic mass is 35.5. The van der Waals surface area contributed by atoms with Gasteiger partial charge in [-0.15, -0.1) is 0 Å². The molecule has 0 aromatic rings. The summed E-state index contributed by atoms with van der Waals surface area (Å²) in [7, 11) is 0. The molecule has 0 aromatic carbocycles. The van der Waals surface area contributed by atoms with Gasteiger partial charge in [0.05, 0.1) is 0 Å². The zero-order chi connectivity index (χ0) is 6.97. The number of fused-ring (bicyclic) bond motifs is 2. The van der Waals surface area contributed by atoms with Gasteiger partial charge in [-0.3, -0.25) is 0 Å². The highest BCUT2D eigenvalue weighted by Crippen LogP contribution is 2.48. The van der Waals surface area contributed by atoms with Crippen LogP contribution in [0.2, 0.25) is 11.6 Å². The summed E-state index contributed by atoms with van der Waals surface area (Å²) in [4.78, 5) is 0. The fraction of sp³-hybridized carbons (Fsp3) is 1.00. The monoisotopic (exact) mass is 156 g/mol. The van der Waals surface area contributed by atoms with E-state index < -0.39 is 0 Å². The van der Waals surface area contributed by atoms with E-state index >= 15 is 0 Å². The second-order valence-electron chi connectivity index (χ2n) is 3.83. The molecule has 2 heterocycles. The van der Waals surface area contributed by atoms with E-state index in [1.807, 2.05) is 0 Å². The second-order valence-corrected chi connectivity index (χ2v) is 4.33. The summed E-state index contributed by atoms with van der Waals surface area (Å²) in [5.41, 5.74) is 0. The van der Waals surface area contributed by atoms with Crippen molar-refractivity contribution in [2.75, 3.05) is 0 Å². The predicted molar refractivity (Wildman–Crippen MR) is 46.8 cm³/mol. The number of rotatable bonds is 0. The first-order valence-electron chi connectivity index (χ1n) is 4.52. The van der Waals surface area contributed by atoms with Crippen molar-refractivity contribution in [1.82, 2.24) is 0 Å². The molecule has 2 unspecified atom stereocenters. The van der Waals surface area contributed by atoms with Gasteiger partial charge in [-0.1, -0.05) is 38.5 Å². The van der Waals surface area contributed by atoms with Gasteiger partial charge in [0.15, 0.2) is 0 Å². The van der Waals surface area contributed by atoms with Crippen molar-refractivity contribution in [3.63, 3.8) is 0 Å². The Morgan fingerprint density at radius 2 is 1.40 bits per heavy atom. The summed E-state index contributed by atoms with van der Waals surface area (Å²) in [6.07, 6.45) is 9.06. The Hall–Kier alpha value is 0.355. The van der Waals surface area contributed by atoms with Crippen molar-refractivity contribution < 1.29 is 0 Å². The summed E-state index contributed by atoms with van der Waals surface area (Å²) in [5, 5.41) is 0. The van der Waals surface area contributed by atoms with E-state index in [4.69, 9.17) is 11.5 Å². The van der Waals surface area contributed by atoms with E-state index in [0.717, 1.165) is 11.6 Å². The zero-order valence-electron chi connectivity index (χ0n) is 6.35. The van der Waals surface area contributed by atoms with E-state index in [2.05, 4.69) is 0 Å². The number of halogens is 1. The van der Waals surface area contributed by atoms with Crippen LogP contribution in [0.4, 0.5) is 0 Å². The third-order valence-electron chi connectivity index (χ3n) is 3.21. The average Bonchev–Trinajstić information content (AvgIpc) is 2.06. The van der Waals surface area contributed by atoms with E-state index in [-0.39, 0.29) is 0 Å². The summed E-state index contributed by atoms with van der Waals surface area (Å²) in [5.74, 6) is 1.77. The third kappa shape index (κ3) is 1.09. The first-order chi connectivity index (χ1) is 4.88. The SMILES string of the molecule is ClB1C2CCCCC1CC2. The topological polar surface area (TPSA) is 0 Å². The molecule has 2 fully saturated rings. The summed E-state index contributed by atoms with van der Waals surface area (Å²) in [6, 6.07) is 0. The molecule has 2 saturated heterocycles. The van der Waals surface area contributed by atoms with Crippen LogP contribution in [0.15, 0.2) is 0 Å². The molecule has 2 heteroatoms. The molecule has 0 aromatic heterocycles. The van der Waals surface area contributed by atoms with Crippen LogP contribution in [0.1, 0.15) is 38.5 Å². The predicted octanol–water partition coefficient (Wildman–Crippen LogP) is 3.32. The normalized spacial score (nSPS) is 39.9. The molecular formula is C8H14BCl. The highest BCUT2D eigenvalue weighted by Gasteiger charge is 2.38. The Morgan fingerprint density at radius 1 is 0.900 bits per heavy atom. The lowest BCUT2D eigenvalue weighted by molar-refractivity contribution is 0.548. The van der Waals surface area contributed by atoms with Gasteiger partial charge in [-0.05, 0) is 11.6 Å². The lowest BCUT2D eigenvalue weighted by atomic mass is 9.58. The average molecular weight is 156 g/mol. The molecule has 0 spiro atoms. The molecule has 2 bridgehead atoms. The van der Waals surface area contributed by atoms with Crippen molar-refractivity contribution in [2.45, 2.75) is 50.2 Å².